The summed E-state index contributed by atoms with van der Waals surface area (Å²) in [7, 11) is 1.30. The van der Waals surface area contributed by atoms with Crippen molar-refractivity contribution in [1.82, 2.24) is 15.2 Å². The highest BCUT2D eigenvalue weighted by molar-refractivity contribution is 7.11. The van der Waals surface area contributed by atoms with Gasteiger partial charge in [-0.25, -0.2) is 14.2 Å². The molecule has 8 nitrogen and oxygen atoms in total. The number of amidine groups is 1. The van der Waals surface area contributed by atoms with Crippen LogP contribution < -0.4 is 11.1 Å². The molecular formula is C19H18ClFN6O2S. The Balaban J connectivity index is 1.89. The molecule has 0 aliphatic carbocycles. The zero-order valence-electron chi connectivity index (χ0n) is 15.9. The first kappa shape index (κ1) is 20.3. The summed E-state index contributed by atoms with van der Waals surface area (Å²) < 4.78 is 18.7. The molecule has 2 aliphatic rings. The maximum Gasteiger partial charge on any atom is 0.338 e. The second-order valence-corrected chi connectivity index (χ2v) is 8.08. The maximum absolute atomic E-state index is 13.6. The summed E-state index contributed by atoms with van der Waals surface area (Å²) in [5.41, 5.74) is 7.01. The third-order valence-electron chi connectivity index (χ3n) is 4.91. The maximum atomic E-state index is 13.6. The lowest BCUT2D eigenvalue weighted by Gasteiger charge is -2.31. The van der Waals surface area contributed by atoms with Crippen LogP contribution in [-0.2, 0) is 9.53 Å². The number of aliphatic imine (C=N–C) groups is 1. The van der Waals surface area contributed by atoms with E-state index < -0.39 is 17.8 Å². The smallest absolute Gasteiger partial charge is 0.338 e. The molecule has 2 atom stereocenters. The number of nitrogens with two attached hydrogens (primary N) is 1. The van der Waals surface area contributed by atoms with Gasteiger partial charge < -0.3 is 20.7 Å². The minimum atomic E-state index is -0.785. The minimum absolute atomic E-state index is 0.161. The van der Waals surface area contributed by atoms with Crippen LogP contribution in [-0.4, -0.2) is 47.3 Å². The Morgan fingerprint density at radius 3 is 2.93 bits per heavy atom. The molecule has 2 aromatic rings. The molecule has 0 bridgehead atoms. The van der Waals surface area contributed by atoms with Gasteiger partial charge in [0.15, 0.2) is 16.8 Å². The molecule has 3 heterocycles. The molecule has 0 spiro atoms. The number of guanidine groups is 1. The van der Waals surface area contributed by atoms with Crippen molar-refractivity contribution in [2.24, 2.45) is 10.7 Å². The first-order chi connectivity index (χ1) is 14.4. The molecule has 1 fully saturated rings. The van der Waals surface area contributed by atoms with Gasteiger partial charge in [0.1, 0.15) is 11.9 Å². The van der Waals surface area contributed by atoms with Crippen molar-refractivity contribution in [2.75, 3.05) is 13.7 Å². The summed E-state index contributed by atoms with van der Waals surface area (Å²) in [4.78, 5) is 23.9. The highest BCUT2D eigenvalue weighted by Gasteiger charge is 2.42. The number of hydrogen-bond donors (Lipinski definition) is 3. The fraction of sp³-hybridized carbons (Fsp3) is 0.263. The van der Waals surface area contributed by atoms with E-state index in [0.717, 1.165) is 0 Å². The second-order valence-electron chi connectivity index (χ2n) is 6.78. The van der Waals surface area contributed by atoms with Crippen molar-refractivity contribution in [3.8, 4) is 0 Å². The van der Waals surface area contributed by atoms with Crippen LogP contribution >= 0.6 is 22.9 Å². The molecule has 156 valence electrons. The predicted molar refractivity (Wildman–Crippen MR) is 112 cm³/mol. The van der Waals surface area contributed by atoms with Crippen LogP contribution in [0.15, 0.2) is 46.0 Å². The molecule has 1 saturated heterocycles. The standard InChI is InChI=1S/C19H18ClFN6O2S/c1-29-18(28)14-13-7-10(25-19(22)23)8-27(13)16(17-24-4-5-30-17)26-15(14)11-3-2-9(21)6-12(11)20/h2-6,10,15H,7-8H2,1H3,(H4,22,23,25)/t10-,15-/m0/s1. The normalized spacial score (nSPS) is 20.6. The Morgan fingerprint density at radius 1 is 1.50 bits per heavy atom. The van der Waals surface area contributed by atoms with Gasteiger partial charge >= 0.3 is 5.97 Å². The molecule has 4 rings (SSSR count). The van der Waals surface area contributed by atoms with Crippen LogP contribution in [0.25, 0.3) is 0 Å². The number of esters is 1. The number of methoxy groups -OCH3 is 1. The average molecular weight is 449 g/mol. The van der Waals surface area contributed by atoms with Crippen LogP contribution in [0.2, 0.25) is 5.02 Å². The number of ether oxygens (including phenoxy) is 1. The second kappa shape index (κ2) is 8.04. The number of nitrogens with one attached hydrogen (secondary N) is 2. The molecule has 0 unspecified atom stereocenters. The number of aromatic nitrogens is 1. The first-order valence-electron chi connectivity index (χ1n) is 9.01. The quantitative estimate of drug-likeness (QED) is 0.375. The van der Waals surface area contributed by atoms with E-state index in [2.05, 4.69) is 10.3 Å². The van der Waals surface area contributed by atoms with Crippen LogP contribution in [0.3, 0.4) is 0 Å². The van der Waals surface area contributed by atoms with Crippen LogP contribution in [0.4, 0.5) is 4.39 Å². The lowest BCUT2D eigenvalue weighted by molar-refractivity contribution is -0.136. The number of rotatable bonds is 4. The number of thiazole rings is 1. The summed E-state index contributed by atoms with van der Waals surface area (Å²) in [6.07, 6.45) is 2.09. The van der Waals surface area contributed by atoms with Gasteiger partial charge in [0.05, 0.1) is 18.7 Å². The van der Waals surface area contributed by atoms with Gasteiger partial charge in [0.25, 0.3) is 0 Å². The van der Waals surface area contributed by atoms with E-state index in [9.17, 15) is 9.18 Å². The fourth-order valence-corrected chi connectivity index (χ4v) is 4.64. The van der Waals surface area contributed by atoms with Gasteiger partial charge in [-0.05, 0) is 12.1 Å². The Bertz CT molecular complexity index is 1070. The minimum Gasteiger partial charge on any atom is -0.466 e. The highest BCUT2D eigenvalue weighted by Crippen LogP contribution is 2.42. The van der Waals surface area contributed by atoms with E-state index in [1.54, 1.807) is 6.20 Å². The number of hydrogen-bond acceptors (Lipinski definition) is 7. The Hall–Kier alpha value is -2.98. The summed E-state index contributed by atoms with van der Waals surface area (Å²) >= 11 is 7.73. The summed E-state index contributed by atoms with van der Waals surface area (Å²) in [6.45, 7) is 0.442. The van der Waals surface area contributed by atoms with Crippen molar-refractivity contribution < 1.29 is 13.9 Å². The lowest BCUT2D eigenvalue weighted by atomic mass is 9.94. The van der Waals surface area contributed by atoms with Crippen molar-refractivity contribution in [3.05, 3.63) is 62.5 Å². The molecule has 0 saturated carbocycles. The van der Waals surface area contributed by atoms with Gasteiger partial charge in [0, 0.05) is 40.8 Å². The molecule has 1 aromatic heterocycles. The van der Waals surface area contributed by atoms with Crippen molar-refractivity contribution in [1.29, 1.82) is 5.41 Å². The molecule has 4 N–H and O–H groups in total. The SMILES string of the molecule is COC(=O)C1=C2C[C@H](NC(=N)N)CN2C(c2nccs2)=N[C@H]1c1ccc(F)cc1Cl. The number of nitrogens with zero attached hydrogens (tertiary/aromatic N) is 3. The van der Waals surface area contributed by atoms with E-state index >= 15 is 0 Å². The Labute approximate surface area is 180 Å². The van der Waals surface area contributed by atoms with Crippen molar-refractivity contribution in [2.45, 2.75) is 18.5 Å². The van der Waals surface area contributed by atoms with E-state index in [0.29, 0.717) is 40.6 Å². The van der Waals surface area contributed by atoms with Gasteiger partial charge in [-0.2, -0.15) is 0 Å². The number of halogens is 2. The molecule has 0 amide bonds. The third kappa shape index (κ3) is 3.63. The monoisotopic (exact) mass is 448 g/mol. The van der Waals surface area contributed by atoms with Crippen molar-refractivity contribution >= 4 is 40.7 Å². The van der Waals surface area contributed by atoms with Crippen LogP contribution in [0.1, 0.15) is 23.0 Å². The average Bonchev–Trinajstić information content (AvgIpc) is 3.35. The lowest BCUT2D eigenvalue weighted by Crippen LogP contribution is -2.42. The van der Waals surface area contributed by atoms with E-state index in [1.165, 1.54) is 36.6 Å². The molecule has 0 radical (unpaired) electrons. The summed E-state index contributed by atoms with van der Waals surface area (Å²) in [5.74, 6) is -0.619. The van der Waals surface area contributed by atoms with Crippen molar-refractivity contribution in [3.63, 3.8) is 0 Å². The van der Waals surface area contributed by atoms with E-state index in [4.69, 9.17) is 32.5 Å². The molecule has 1 aromatic carbocycles. The Kier molecular flexibility index (Phi) is 5.44. The van der Waals surface area contributed by atoms with E-state index in [1.807, 2.05) is 10.3 Å². The largest absolute Gasteiger partial charge is 0.466 e. The summed E-state index contributed by atoms with van der Waals surface area (Å²) in [6, 6.07) is 3.00. The molecule has 30 heavy (non-hydrogen) atoms. The fourth-order valence-electron chi connectivity index (χ4n) is 3.73. The van der Waals surface area contributed by atoms with E-state index in [-0.39, 0.29) is 17.0 Å². The summed E-state index contributed by atoms with van der Waals surface area (Å²) in [5, 5.41) is 13.1. The molecule has 2 aliphatic heterocycles. The zero-order chi connectivity index (χ0) is 21.4. The third-order valence-corrected chi connectivity index (χ3v) is 6.00. The number of carbonyl (C=O) groups excluding carboxylic acids is 1. The molecule has 11 heteroatoms. The van der Waals surface area contributed by atoms with Gasteiger partial charge in [0.2, 0.25) is 0 Å². The highest BCUT2D eigenvalue weighted by atomic mass is 35.5. The number of carbonyl (C=O) groups is 1. The Morgan fingerprint density at radius 2 is 2.30 bits per heavy atom. The zero-order valence-corrected chi connectivity index (χ0v) is 17.4. The predicted octanol–water partition coefficient (Wildman–Crippen LogP) is 2.42. The number of fused-ring (bicyclic) bond motifs is 1. The first-order valence-corrected chi connectivity index (χ1v) is 10.3. The van der Waals surface area contributed by atoms with Gasteiger partial charge in [-0.15, -0.1) is 11.3 Å². The van der Waals surface area contributed by atoms with Crippen LogP contribution in [0, 0.1) is 11.2 Å². The van der Waals surface area contributed by atoms with Gasteiger partial charge in [-0.3, -0.25) is 10.4 Å². The molecular weight excluding hydrogens is 431 g/mol. The number of benzene rings is 1. The van der Waals surface area contributed by atoms with Gasteiger partial charge in [-0.1, -0.05) is 17.7 Å². The van der Waals surface area contributed by atoms with Crippen LogP contribution in [0.5, 0.6) is 0 Å². The topological polar surface area (TPSA) is 117 Å².